The summed E-state index contributed by atoms with van der Waals surface area (Å²) in [5.41, 5.74) is 0.655. The molecule has 0 radical (unpaired) electrons. The standard InChI is InChI=1S/C19H18F2N2O2/c20-14-8-9-15(21)16(12-14)22-19(25)17-7-4-10-23(17)18(24)11-13-5-2-1-3-6-13/h1-3,5-6,8-9,12,17H,4,7,10-11H2,(H,22,25). The molecule has 25 heavy (non-hydrogen) atoms. The molecule has 0 aromatic heterocycles. The van der Waals surface area contributed by atoms with Crippen LogP contribution in [0.3, 0.4) is 0 Å². The molecule has 0 aliphatic carbocycles. The Morgan fingerprint density at radius 3 is 2.64 bits per heavy atom. The van der Waals surface area contributed by atoms with Crippen LogP contribution in [-0.4, -0.2) is 29.3 Å². The molecular weight excluding hydrogens is 326 g/mol. The molecule has 1 unspecified atom stereocenters. The molecule has 0 bridgehead atoms. The third kappa shape index (κ3) is 4.02. The number of halogens is 2. The van der Waals surface area contributed by atoms with Crippen molar-refractivity contribution in [3.05, 3.63) is 65.7 Å². The van der Waals surface area contributed by atoms with E-state index in [1.807, 2.05) is 30.3 Å². The summed E-state index contributed by atoms with van der Waals surface area (Å²) < 4.78 is 26.9. The molecule has 1 N–H and O–H groups in total. The van der Waals surface area contributed by atoms with Gasteiger partial charge in [0.15, 0.2) is 0 Å². The summed E-state index contributed by atoms with van der Waals surface area (Å²) in [4.78, 5) is 26.5. The maximum Gasteiger partial charge on any atom is 0.247 e. The highest BCUT2D eigenvalue weighted by atomic mass is 19.1. The Hall–Kier alpha value is -2.76. The Bertz CT molecular complexity index is 780. The second kappa shape index (κ2) is 7.42. The van der Waals surface area contributed by atoms with Crippen molar-refractivity contribution in [1.29, 1.82) is 0 Å². The lowest BCUT2D eigenvalue weighted by atomic mass is 10.1. The number of anilines is 1. The summed E-state index contributed by atoms with van der Waals surface area (Å²) in [7, 11) is 0. The lowest BCUT2D eigenvalue weighted by Gasteiger charge is -2.24. The van der Waals surface area contributed by atoms with Gasteiger partial charge in [-0.05, 0) is 30.5 Å². The summed E-state index contributed by atoms with van der Waals surface area (Å²) in [6.45, 7) is 0.482. The monoisotopic (exact) mass is 344 g/mol. The van der Waals surface area contributed by atoms with Gasteiger partial charge in [-0.15, -0.1) is 0 Å². The molecule has 6 heteroatoms. The van der Waals surface area contributed by atoms with Gasteiger partial charge in [-0.3, -0.25) is 9.59 Å². The van der Waals surface area contributed by atoms with Crippen LogP contribution in [0.25, 0.3) is 0 Å². The first-order chi connectivity index (χ1) is 12.0. The maximum absolute atomic E-state index is 13.7. The van der Waals surface area contributed by atoms with E-state index in [1.165, 1.54) is 4.90 Å². The largest absolute Gasteiger partial charge is 0.330 e. The maximum atomic E-state index is 13.7. The number of rotatable bonds is 4. The first-order valence-electron chi connectivity index (χ1n) is 8.14. The van der Waals surface area contributed by atoms with E-state index in [1.54, 1.807) is 0 Å². The zero-order valence-electron chi connectivity index (χ0n) is 13.5. The molecule has 4 nitrogen and oxygen atoms in total. The predicted molar refractivity (Wildman–Crippen MR) is 89.9 cm³/mol. The van der Waals surface area contributed by atoms with Crippen molar-refractivity contribution in [1.82, 2.24) is 4.90 Å². The summed E-state index contributed by atoms with van der Waals surface area (Å²) in [5.74, 6) is -2.00. The molecule has 2 amide bonds. The Morgan fingerprint density at radius 1 is 1.12 bits per heavy atom. The van der Waals surface area contributed by atoms with E-state index >= 15 is 0 Å². The third-order valence-corrected chi connectivity index (χ3v) is 4.26. The van der Waals surface area contributed by atoms with Crippen LogP contribution in [0.4, 0.5) is 14.5 Å². The van der Waals surface area contributed by atoms with E-state index in [4.69, 9.17) is 0 Å². The average molecular weight is 344 g/mol. The molecule has 2 aromatic carbocycles. The number of nitrogens with zero attached hydrogens (tertiary/aromatic N) is 1. The number of hydrogen-bond donors (Lipinski definition) is 1. The van der Waals surface area contributed by atoms with Gasteiger partial charge in [-0.2, -0.15) is 0 Å². The van der Waals surface area contributed by atoms with E-state index < -0.39 is 23.6 Å². The molecule has 0 saturated carbocycles. The quantitative estimate of drug-likeness (QED) is 0.926. The van der Waals surface area contributed by atoms with Crippen molar-refractivity contribution in [3.63, 3.8) is 0 Å². The molecule has 0 spiro atoms. The van der Waals surface area contributed by atoms with Crippen LogP contribution in [0.15, 0.2) is 48.5 Å². The zero-order valence-corrected chi connectivity index (χ0v) is 13.5. The van der Waals surface area contributed by atoms with E-state index in [9.17, 15) is 18.4 Å². The summed E-state index contributed by atoms with van der Waals surface area (Å²) in [6.07, 6.45) is 1.41. The van der Waals surface area contributed by atoms with Crippen LogP contribution in [0.5, 0.6) is 0 Å². The van der Waals surface area contributed by atoms with Crippen molar-refractivity contribution >= 4 is 17.5 Å². The molecule has 2 aromatic rings. The number of nitrogens with one attached hydrogen (secondary N) is 1. The molecule has 1 aliphatic heterocycles. The van der Waals surface area contributed by atoms with Crippen LogP contribution >= 0.6 is 0 Å². The van der Waals surface area contributed by atoms with Gasteiger partial charge in [0.2, 0.25) is 11.8 Å². The smallest absolute Gasteiger partial charge is 0.247 e. The molecular formula is C19H18F2N2O2. The molecule has 1 heterocycles. The minimum atomic E-state index is -0.713. The lowest BCUT2D eigenvalue weighted by Crippen LogP contribution is -2.43. The Kier molecular flexibility index (Phi) is 5.07. The fourth-order valence-electron chi connectivity index (χ4n) is 3.02. The van der Waals surface area contributed by atoms with Gasteiger partial charge >= 0.3 is 0 Å². The van der Waals surface area contributed by atoms with Crippen molar-refractivity contribution in [2.75, 3.05) is 11.9 Å². The molecule has 3 rings (SSSR count). The third-order valence-electron chi connectivity index (χ3n) is 4.26. The van der Waals surface area contributed by atoms with E-state index in [-0.39, 0.29) is 18.0 Å². The van der Waals surface area contributed by atoms with Gasteiger partial charge < -0.3 is 10.2 Å². The van der Waals surface area contributed by atoms with Crippen LogP contribution in [0.1, 0.15) is 18.4 Å². The Labute approximate surface area is 144 Å². The summed E-state index contributed by atoms with van der Waals surface area (Å²) in [6, 6.07) is 11.5. The minimum absolute atomic E-state index is 0.149. The molecule has 1 atom stereocenters. The number of carbonyl (C=O) groups excluding carboxylic acids is 2. The highest BCUT2D eigenvalue weighted by Gasteiger charge is 2.34. The van der Waals surface area contributed by atoms with Gasteiger partial charge in [0.25, 0.3) is 0 Å². The normalized spacial score (nSPS) is 16.7. The van der Waals surface area contributed by atoms with Crippen LogP contribution in [0.2, 0.25) is 0 Å². The highest BCUT2D eigenvalue weighted by Crippen LogP contribution is 2.22. The first-order valence-corrected chi connectivity index (χ1v) is 8.14. The van der Waals surface area contributed by atoms with Crippen LogP contribution in [-0.2, 0) is 16.0 Å². The number of hydrogen-bond acceptors (Lipinski definition) is 2. The topological polar surface area (TPSA) is 49.4 Å². The summed E-state index contributed by atoms with van der Waals surface area (Å²) >= 11 is 0. The zero-order chi connectivity index (χ0) is 17.8. The van der Waals surface area contributed by atoms with E-state index in [0.29, 0.717) is 19.4 Å². The Morgan fingerprint density at radius 2 is 1.88 bits per heavy atom. The van der Waals surface area contributed by atoms with E-state index in [2.05, 4.69) is 5.32 Å². The Balaban J connectivity index is 1.69. The SMILES string of the molecule is O=C(Nc1cc(F)ccc1F)C1CCCN1C(=O)Cc1ccccc1. The summed E-state index contributed by atoms with van der Waals surface area (Å²) in [5, 5.41) is 2.39. The molecule has 1 fully saturated rings. The van der Waals surface area contributed by atoms with Crippen LogP contribution < -0.4 is 5.32 Å². The van der Waals surface area contributed by atoms with Gasteiger partial charge in [0, 0.05) is 12.6 Å². The fourth-order valence-corrected chi connectivity index (χ4v) is 3.02. The average Bonchev–Trinajstić information content (AvgIpc) is 3.09. The second-order valence-electron chi connectivity index (χ2n) is 6.02. The van der Waals surface area contributed by atoms with Gasteiger partial charge in [0.1, 0.15) is 17.7 Å². The predicted octanol–water partition coefficient (Wildman–Crippen LogP) is 3.14. The van der Waals surface area contributed by atoms with E-state index in [0.717, 1.165) is 23.8 Å². The van der Waals surface area contributed by atoms with Gasteiger partial charge in [-0.25, -0.2) is 8.78 Å². The number of benzene rings is 2. The second-order valence-corrected chi connectivity index (χ2v) is 6.02. The van der Waals surface area contributed by atoms with Crippen molar-refractivity contribution in [2.24, 2.45) is 0 Å². The van der Waals surface area contributed by atoms with Gasteiger partial charge in [0.05, 0.1) is 12.1 Å². The number of carbonyl (C=O) groups is 2. The molecule has 130 valence electrons. The fraction of sp³-hybridized carbons (Fsp3) is 0.263. The van der Waals surface area contributed by atoms with Crippen molar-refractivity contribution in [2.45, 2.75) is 25.3 Å². The van der Waals surface area contributed by atoms with Gasteiger partial charge in [-0.1, -0.05) is 30.3 Å². The first kappa shape index (κ1) is 17.1. The minimum Gasteiger partial charge on any atom is -0.330 e. The number of amides is 2. The molecule has 1 saturated heterocycles. The van der Waals surface area contributed by atoms with Crippen LogP contribution in [0, 0.1) is 11.6 Å². The molecule has 1 aliphatic rings. The number of likely N-dealkylation sites (tertiary alicyclic amines) is 1. The highest BCUT2D eigenvalue weighted by molar-refractivity contribution is 5.97. The lowest BCUT2D eigenvalue weighted by molar-refractivity contribution is -0.136. The van der Waals surface area contributed by atoms with Crippen molar-refractivity contribution in [3.8, 4) is 0 Å². The van der Waals surface area contributed by atoms with Crippen molar-refractivity contribution < 1.29 is 18.4 Å².